The van der Waals surface area contributed by atoms with E-state index in [1.165, 1.54) is 0 Å². The molecule has 0 atom stereocenters. The Kier molecular flexibility index (Phi) is 5.13. The molecule has 3 heteroatoms. The van der Waals surface area contributed by atoms with Crippen LogP contribution in [0.4, 0.5) is 0 Å². The standard InChI is InChI=1S/C12H14Cl2O/c1-9-5-6-10(11(14)8-9)12(15)4-2-3-7-13/h5-6,8H,2-4,7H2,1H3. The van der Waals surface area contributed by atoms with Crippen LogP contribution in [0.2, 0.25) is 5.02 Å². The number of carbonyl (C=O) groups is 1. The molecule has 0 N–H and O–H groups in total. The van der Waals surface area contributed by atoms with Crippen molar-refractivity contribution in [3.05, 3.63) is 34.3 Å². The third kappa shape index (κ3) is 3.84. The summed E-state index contributed by atoms with van der Waals surface area (Å²) in [5, 5.41) is 0.547. The predicted octanol–water partition coefficient (Wildman–Crippen LogP) is 4.24. The van der Waals surface area contributed by atoms with Gasteiger partial charge in [0, 0.05) is 17.9 Å². The Labute approximate surface area is 100 Å². The van der Waals surface area contributed by atoms with Gasteiger partial charge in [-0.25, -0.2) is 0 Å². The number of hydrogen-bond donors (Lipinski definition) is 0. The summed E-state index contributed by atoms with van der Waals surface area (Å²) in [4.78, 5) is 11.7. The van der Waals surface area contributed by atoms with Crippen molar-refractivity contribution in [3.63, 3.8) is 0 Å². The van der Waals surface area contributed by atoms with E-state index < -0.39 is 0 Å². The van der Waals surface area contributed by atoms with Gasteiger partial charge in [0.25, 0.3) is 0 Å². The predicted molar refractivity (Wildman–Crippen MR) is 65.1 cm³/mol. The van der Waals surface area contributed by atoms with E-state index >= 15 is 0 Å². The Hall–Kier alpha value is -0.530. The van der Waals surface area contributed by atoms with Gasteiger partial charge in [-0.15, -0.1) is 11.6 Å². The summed E-state index contributed by atoms with van der Waals surface area (Å²) >= 11 is 11.5. The molecule has 1 rings (SSSR count). The van der Waals surface area contributed by atoms with Crippen LogP contribution in [-0.2, 0) is 0 Å². The minimum absolute atomic E-state index is 0.102. The average molecular weight is 245 g/mol. The number of Topliss-reactive ketones (excluding diaryl/α,β-unsaturated/α-hetero) is 1. The lowest BCUT2D eigenvalue weighted by molar-refractivity contribution is 0.0980. The molecule has 0 aliphatic rings. The van der Waals surface area contributed by atoms with E-state index in [9.17, 15) is 4.79 Å². The summed E-state index contributed by atoms with van der Waals surface area (Å²) in [6.07, 6.45) is 2.22. The lowest BCUT2D eigenvalue weighted by atomic mass is 10.0. The van der Waals surface area contributed by atoms with E-state index in [0.717, 1.165) is 18.4 Å². The zero-order valence-corrected chi connectivity index (χ0v) is 10.2. The van der Waals surface area contributed by atoms with E-state index in [2.05, 4.69) is 0 Å². The van der Waals surface area contributed by atoms with E-state index in [4.69, 9.17) is 23.2 Å². The number of alkyl halides is 1. The van der Waals surface area contributed by atoms with Crippen molar-refractivity contribution in [3.8, 4) is 0 Å². The number of ketones is 1. The zero-order valence-electron chi connectivity index (χ0n) is 8.72. The fraction of sp³-hybridized carbons (Fsp3) is 0.417. The maximum Gasteiger partial charge on any atom is 0.164 e. The minimum atomic E-state index is 0.102. The van der Waals surface area contributed by atoms with Gasteiger partial charge in [-0.3, -0.25) is 4.79 Å². The number of halogens is 2. The maximum absolute atomic E-state index is 11.7. The zero-order chi connectivity index (χ0) is 11.3. The Morgan fingerprint density at radius 2 is 2.07 bits per heavy atom. The van der Waals surface area contributed by atoms with Gasteiger partial charge in [-0.1, -0.05) is 17.7 Å². The first-order valence-electron chi connectivity index (χ1n) is 5.00. The van der Waals surface area contributed by atoms with Gasteiger partial charge in [0.1, 0.15) is 0 Å². The Bertz CT molecular complexity index is 347. The van der Waals surface area contributed by atoms with Crippen molar-refractivity contribution in [2.75, 3.05) is 5.88 Å². The number of rotatable bonds is 5. The van der Waals surface area contributed by atoms with Crippen LogP contribution in [0.15, 0.2) is 18.2 Å². The summed E-state index contributed by atoms with van der Waals surface area (Å²) in [7, 11) is 0. The topological polar surface area (TPSA) is 17.1 Å². The molecule has 15 heavy (non-hydrogen) atoms. The second kappa shape index (κ2) is 6.14. The van der Waals surface area contributed by atoms with Gasteiger partial charge in [0.05, 0.1) is 5.02 Å². The molecule has 0 unspecified atom stereocenters. The molecule has 1 nitrogen and oxygen atoms in total. The molecule has 0 aliphatic carbocycles. The van der Waals surface area contributed by atoms with Crippen molar-refractivity contribution in [1.29, 1.82) is 0 Å². The summed E-state index contributed by atoms with van der Waals surface area (Å²) in [5.74, 6) is 0.708. The molecule has 0 fully saturated rings. The summed E-state index contributed by atoms with van der Waals surface area (Å²) in [6.45, 7) is 1.95. The Balaban J connectivity index is 2.65. The molecule has 0 saturated carbocycles. The van der Waals surface area contributed by atoms with Gasteiger partial charge in [0.2, 0.25) is 0 Å². The van der Waals surface area contributed by atoms with E-state index in [1.807, 2.05) is 19.1 Å². The number of unbranched alkanes of at least 4 members (excludes halogenated alkanes) is 1. The lowest BCUT2D eigenvalue weighted by Crippen LogP contribution is -2.00. The second-order valence-electron chi connectivity index (χ2n) is 3.55. The first-order valence-corrected chi connectivity index (χ1v) is 5.91. The first kappa shape index (κ1) is 12.5. The molecule has 82 valence electrons. The SMILES string of the molecule is Cc1ccc(C(=O)CCCCCl)c(Cl)c1. The van der Waals surface area contributed by atoms with E-state index in [-0.39, 0.29) is 5.78 Å². The first-order chi connectivity index (χ1) is 7.15. The molecule has 0 bridgehead atoms. The third-order valence-corrected chi connectivity index (χ3v) is 2.79. The van der Waals surface area contributed by atoms with Crippen LogP contribution in [0.3, 0.4) is 0 Å². The molecule has 0 spiro atoms. The van der Waals surface area contributed by atoms with Crippen LogP contribution in [0.1, 0.15) is 35.2 Å². The fourth-order valence-electron chi connectivity index (χ4n) is 1.36. The normalized spacial score (nSPS) is 10.3. The van der Waals surface area contributed by atoms with Gasteiger partial charge in [0.15, 0.2) is 5.78 Å². The van der Waals surface area contributed by atoms with E-state index in [0.29, 0.717) is 22.9 Å². The molecule has 0 amide bonds. The van der Waals surface area contributed by atoms with Crippen molar-refractivity contribution < 1.29 is 4.79 Å². The molecular formula is C12H14Cl2O. The highest BCUT2D eigenvalue weighted by molar-refractivity contribution is 6.34. The average Bonchev–Trinajstić information content (AvgIpc) is 2.17. The monoisotopic (exact) mass is 244 g/mol. The molecule has 0 radical (unpaired) electrons. The molecule has 1 aromatic rings. The van der Waals surface area contributed by atoms with Gasteiger partial charge < -0.3 is 0 Å². The van der Waals surface area contributed by atoms with Crippen molar-refractivity contribution >= 4 is 29.0 Å². The molecule has 0 aromatic heterocycles. The summed E-state index contributed by atoms with van der Waals surface area (Å²) in [6, 6.07) is 5.51. The second-order valence-corrected chi connectivity index (χ2v) is 4.34. The van der Waals surface area contributed by atoms with Gasteiger partial charge >= 0.3 is 0 Å². The van der Waals surface area contributed by atoms with Crippen LogP contribution >= 0.6 is 23.2 Å². The summed E-state index contributed by atoms with van der Waals surface area (Å²) < 4.78 is 0. The highest BCUT2D eigenvalue weighted by Gasteiger charge is 2.09. The number of hydrogen-bond acceptors (Lipinski definition) is 1. The summed E-state index contributed by atoms with van der Waals surface area (Å²) in [5.41, 5.74) is 1.69. The third-order valence-electron chi connectivity index (χ3n) is 2.21. The largest absolute Gasteiger partial charge is 0.294 e. The molecule has 0 heterocycles. The van der Waals surface area contributed by atoms with Crippen LogP contribution in [0.5, 0.6) is 0 Å². The Morgan fingerprint density at radius 1 is 1.33 bits per heavy atom. The smallest absolute Gasteiger partial charge is 0.164 e. The molecule has 0 aliphatic heterocycles. The number of aryl methyl sites for hydroxylation is 1. The minimum Gasteiger partial charge on any atom is -0.294 e. The number of benzene rings is 1. The number of carbonyl (C=O) groups excluding carboxylic acids is 1. The Morgan fingerprint density at radius 3 is 2.67 bits per heavy atom. The maximum atomic E-state index is 11.7. The van der Waals surface area contributed by atoms with Crippen molar-refractivity contribution in [2.45, 2.75) is 26.2 Å². The van der Waals surface area contributed by atoms with Crippen molar-refractivity contribution in [2.24, 2.45) is 0 Å². The molecular weight excluding hydrogens is 231 g/mol. The highest BCUT2D eigenvalue weighted by Crippen LogP contribution is 2.19. The van der Waals surface area contributed by atoms with Crippen LogP contribution in [0, 0.1) is 6.92 Å². The fourth-order valence-corrected chi connectivity index (χ4v) is 1.89. The van der Waals surface area contributed by atoms with Crippen molar-refractivity contribution in [1.82, 2.24) is 0 Å². The molecule has 1 aromatic carbocycles. The molecule has 0 saturated heterocycles. The van der Waals surface area contributed by atoms with Crippen LogP contribution < -0.4 is 0 Å². The van der Waals surface area contributed by atoms with Crippen LogP contribution in [-0.4, -0.2) is 11.7 Å². The lowest BCUT2D eigenvalue weighted by Gasteiger charge is -2.03. The van der Waals surface area contributed by atoms with Crippen LogP contribution in [0.25, 0.3) is 0 Å². The van der Waals surface area contributed by atoms with Gasteiger partial charge in [-0.05, 0) is 37.5 Å². The van der Waals surface area contributed by atoms with E-state index in [1.54, 1.807) is 6.07 Å². The quantitative estimate of drug-likeness (QED) is 0.430. The highest BCUT2D eigenvalue weighted by atomic mass is 35.5. The van der Waals surface area contributed by atoms with Gasteiger partial charge in [-0.2, -0.15) is 0 Å².